The molecule has 1 unspecified atom stereocenters. The Hall–Kier alpha value is -1.43. The van der Waals surface area contributed by atoms with Crippen LogP contribution in [0.4, 0.5) is 4.39 Å². The molecule has 0 radical (unpaired) electrons. The lowest BCUT2D eigenvalue weighted by Crippen LogP contribution is -2.36. The lowest BCUT2D eigenvalue weighted by Gasteiger charge is -2.24. The lowest BCUT2D eigenvalue weighted by atomic mass is 9.79. The normalized spacial score (nSPS) is 14.1. The maximum atomic E-state index is 13.8. The number of carbonyl (C=O) groups is 2. The standard InChI is InChI=1S/C11H10BrFO4/c1-11(10(16)17,5-8(14)15)6-3-2-4-7(12)9(6)13/h2-4H,5H2,1H3,(H,14,15)(H,16,17). The van der Waals surface area contributed by atoms with E-state index in [1.54, 1.807) is 0 Å². The van der Waals surface area contributed by atoms with Crippen LogP contribution in [0.15, 0.2) is 22.7 Å². The van der Waals surface area contributed by atoms with E-state index in [9.17, 15) is 14.0 Å². The SMILES string of the molecule is CC(CC(=O)O)(C(=O)O)c1cccc(Br)c1F. The number of hydrogen-bond acceptors (Lipinski definition) is 2. The van der Waals surface area contributed by atoms with E-state index in [1.807, 2.05) is 0 Å². The molecule has 6 heteroatoms. The summed E-state index contributed by atoms with van der Waals surface area (Å²) in [6.45, 7) is 1.19. The molecule has 0 aliphatic heterocycles. The highest BCUT2D eigenvalue weighted by atomic mass is 79.9. The van der Waals surface area contributed by atoms with Crippen molar-refractivity contribution in [3.8, 4) is 0 Å². The maximum absolute atomic E-state index is 13.8. The molecular weight excluding hydrogens is 295 g/mol. The first-order valence-electron chi connectivity index (χ1n) is 4.68. The Bertz CT molecular complexity index is 475. The van der Waals surface area contributed by atoms with Gasteiger partial charge < -0.3 is 10.2 Å². The predicted octanol–water partition coefficient (Wildman–Crippen LogP) is 2.41. The van der Waals surface area contributed by atoms with Crippen molar-refractivity contribution in [1.82, 2.24) is 0 Å². The maximum Gasteiger partial charge on any atom is 0.314 e. The van der Waals surface area contributed by atoms with Crippen LogP contribution in [-0.4, -0.2) is 22.2 Å². The van der Waals surface area contributed by atoms with Crippen LogP contribution in [-0.2, 0) is 15.0 Å². The van der Waals surface area contributed by atoms with Crippen molar-refractivity contribution in [3.05, 3.63) is 34.1 Å². The first-order valence-corrected chi connectivity index (χ1v) is 5.48. The van der Waals surface area contributed by atoms with Crippen molar-refractivity contribution in [2.45, 2.75) is 18.8 Å². The summed E-state index contributed by atoms with van der Waals surface area (Å²) in [4.78, 5) is 21.9. The fourth-order valence-corrected chi connectivity index (χ4v) is 1.88. The van der Waals surface area contributed by atoms with Gasteiger partial charge in [0, 0.05) is 5.56 Å². The molecule has 0 spiro atoms. The zero-order valence-electron chi connectivity index (χ0n) is 8.91. The third kappa shape index (κ3) is 2.63. The molecule has 2 N–H and O–H groups in total. The van der Waals surface area contributed by atoms with Crippen LogP contribution in [0, 0.1) is 5.82 Å². The Morgan fingerprint density at radius 2 is 2.00 bits per heavy atom. The van der Waals surface area contributed by atoms with Crippen LogP contribution in [0.5, 0.6) is 0 Å². The summed E-state index contributed by atoms with van der Waals surface area (Å²) in [7, 11) is 0. The highest BCUT2D eigenvalue weighted by molar-refractivity contribution is 9.10. The van der Waals surface area contributed by atoms with Gasteiger partial charge in [-0.05, 0) is 28.9 Å². The zero-order chi connectivity index (χ0) is 13.2. The Kier molecular flexibility index (Phi) is 3.87. The minimum absolute atomic E-state index is 0.105. The van der Waals surface area contributed by atoms with E-state index in [4.69, 9.17) is 10.2 Å². The third-order valence-corrected chi connectivity index (χ3v) is 3.14. The fraction of sp³-hybridized carbons (Fsp3) is 0.273. The molecule has 0 aromatic heterocycles. The highest BCUT2D eigenvalue weighted by Gasteiger charge is 2.40. The van der Waals surface area contributed by atoms with E-state index in [2.05, 4.69) is 15.9 Å². The van der Waals surface area contributed by atoms with Crippen LogP contribution in [0.2, 0.25) is 0 Å². The van der Waals surface area contributed by atoms with Gasteiger partial charge in [0.2, 0.25) is 0 Å². The van der Waals surface area contributed by atoms with Crippen molar-refractivity contribution in [2.75, 3.05) is 0 Å². The average Bonchev–Trinajstić information content (AvgIpc) is 2.20. The van der Waals surface area contributed by atoms with Crippen molar-refractivity contribution in [2.24, 2.45) is 0 Å². The molecule has 0 saturated carbocycles. The topological polar surface area (TPSA) is 74.6 Å². The number of halogens is 2. The van der Waals surface area contributed by atoms with Gasteiger partial charge in [-0.3, -0.25) is 9.59 Å². The molecule has 0 amide bonds. The lowest BCUT2D eigenvalue weighted by molar-refractivity contribution is -0.149. The second kappa shape index (κ2) is 4.83. The molecule has 0 saturated heterocycles. The summed E-state index contributed by atoms with van der Waals surface area (Å²) in [5.74, 6) is -3.43. The number of aliphatic carboxylic acids is 2. The second-order valence-corrected chi connectivity index (χ2v) is 4.66. The van der Waals surface area contributed by atoms with Gasteiger partial charge in [-0.2, -0.15) is 0 Å². The van der Waals surface area contributed by atoms with Gasteiger partial charge in [-0.1, -0.05) is 12.1 Å². The Labute approximate surface area is 105 Å². The molecule has 1 aromatic rings. The van der Waals surface area contributed by atoms with Gasteiger partial charge in [0.05, 0.1) is 10.9 Å². The molecule has 0 aliphatic rings. The van der Waals surface area contributed by atoms with Crippen molar-refractivity contribution in [1.29, 1.82) is 0 Å². The van der Waals surface area contributed by atoms with E-state index >= 15 is 0 Å². The summed E-state index contributed by atoms with van der Waals surface area (Å²) in [5.41, 5.74) is -1.94. The smallest absolute Gasteiger partial charge is 0.314 e. The van der Waals surface area contributed by atoms with E-state index in [0.29, 0.717) is 0 Å². The van der Waals surface area contributed by atoms with Crippen LogP contribution in [0.3, 0.4) is 0 Å². The van der Waals surface area contributed by atoms with Gasteiger partial charge in [0.25, 0.3) is 0 Å². The molecule has 0 fully saturated rings. The van der Waals surface area contributed by atoms with Crippen LogP contribution in [0.1, 0.15) is 18.9 Å². The first kappa shape index (κ1) is 13.6. The Morgan fingerprint density at radius 1 is 1.41 bits per heavy atom. The molecule has 0 aliphatic carbocycles. The summed E-state index contributed by atoms with van der Waals surface area (Å²) in [6, 6.07) is 4.16. The molecule has 4 nitrogen and oxygen atoms in total. The third-order valence-electron chi connectivity index (χ3n) is 2.52. The average molecular weight is 305 g/mol. The van der Waals surface area contributed by atoms with Crippen molar-refractivity contribution in [3.63, 3.8) is 0 Å². The Balaban J connectivity index is 3.37. The van der Waals surface area contributed by atoms with Crippen LogP contribution in [0.25, 0.3) is 0 Å². The van der Waals surface area contributed by atoms with Gasteiger partial charge in [0.15, 0.2) is 0 Å². The van der Waals surface area contributed by atoms with Gasteiger partial charge >= 0.3 is 11.9 Å². The molecule has 92 valence electrons. The fourth-order valence-electron chi connectivity index (χ4n) is 1.52. The van der Waals surface area contributed by atoms with E-state index < -0.39 is 29.6 Å². The molecule has 1 rings (SSSR count). The number of carboxylic acids is 2. The van der Waals surface area contributed by atoms with Gasteiger partial charge in [0.1, 0.15) is 11.2 Å². The Morgan fingerprint density at radius 3 is 2.47 bits per heavy atom. The van der Waals surface area contributed by atoms with Crippen molar-refractivity contribution >= 4 is 27.9 Å². The first-order chi connectivity index (χ1) is 7.79. The summed E-state index contributed by atoms with van der Waals surface area (Å²) < 4.78 is 13.9. The zero-order valence-corrected chi connectivity index (χ0v) is 10.5. The number of carboxylic acid groups (broad SMARTS) is 2. The molecule has 1 aromatic carbocycles. The largest absolute Gasteiger partial charge is 0.481 e. The predicted molar refractivity (Wildman–Crippen MR) is 61.3 cm³/mol. The van der Waals surface area contributed by atoms with Crippen molar-refractivity contribution < 1.29 is 24.2 Å². The van der Waals surface area contributed by atoms with Gasteiger partial charge in [-0.15, -0.1) is 0 Å². The van der Waals surface area contributed by atoms with E-state index in [0.717, 1.165) is 0 Å². The highest BCUT2D eigenvalue weighted by Crippen LogP contribution is 2.33. The number of hydrogen-bond donors (Lipinski definition) is 2. The second-order valence-electron chi connectivity index (χ2n) is 3.81. The van der Waals surface area contributed by atoms with E-state index in [-0.39, 0.29) is 10.0 Å². The molecule has 0 heterocycles. The summed E-state index contributed by atoms with van der Waals surface area (Å²) >= 11 is 2.94. The quantitative estimate of drug-likeness (QED) is 0.896. The number of rotatable bonds is 4. The monoisotopic (exact) mass is 304 g/mol. The van der Waals surface area contributed by atoms with Crippen LogP contribution >= 0.6 is 15.9 Å². The minimum atomic E-state index is -1.79. The molecule has 1 atom stereocenters. The minimum Gasteiger partial charge on any atom is -0.481 e. The molecular formula is C11H10BrFO4. The van der Waals surface area contributed by atoms with Crippen LogP contribution < -0.4 is 0 Å². The number of benzene rings is 1. The summed E-state index contributed by atoms with van der Waals surface area (Å²) in [6.07, 6.45) is -0.685. The summed E-state index contributed by atoms with van der Waals surface area (Å²) in [5, 5.41) is 17.8. The van der Waals surface area contributed by atoms with E-state index in [1.165, 1.54) is 25.1 Å². The van der Waals surface area contributed by atoms with Gasteiger partial charge in [-0.25, -0.2) is 4.39 Å². The molecule has 0 bridgehead atoms. The molecule has 17 heavy (non-hydrogen) atoms.